The highest BCUT2D eigenvalue weighted by atomic mass is 35.5. The Morgan fingerprint density at radius 1 is 1.14 bits per heavy atom. The summed E-state index contributed by atoms with van der Waals surface area (Å²) in [5.41, 5.74) is 1.64. The van der Waals surface area contributed by atoms with Gasteiger partial charge in [-0.05, 0) is 29.8 Å². The Morgan fingerprint density at radius 3 is 2.55 bits per heavy atom. The molecule has 1 saturated heterocycles. The Bertz CT molecular complexity index is 824. The maximum Gasteiger partial charge on any atom is 0.176 e. The number of carbonyl (C=O) groups excluding carboxylic acids is 1. The smallest absolute Gasteiger partial charge is 0.176 e. The van der Waals surface area contributed by atoms with E-state index in [1.807, 2.05) is 24.3 Å². The molecular formula is C22H27ClN2O4. The van der Waals surface area contributed by atoms with E-state index in [1.54, 1.807) is 32.4 Å². The number of Topliss-reactive ketones (excluding diaryl/α,β-unsaturated/α-hetero) is 1. The second-order valence-corrected chi connectivity index (χ2v) is 7.22. The number of hydrogen-bond donors (Lipinski definition) is 1. The topological polar surface area (TPSA) is 60.0 Å². The summed E-state index contributed by atoms with van der Waals surface area (Å²) in [5, 5.41) is 4.04. The molecule has 0 spiro atoms. The monoisotopic (exact) mass is 418 g/mol. The first-order chi connectivity index (χ1) is 14.1. The van der Waals surface area contributed by atoms with Gasteiger partial charge in [0.05, 0.1) is 34.0 Å². The van der Waals surface area contributed by atoms with Gasteiger partial charge in [-0.25, -0.2) is 0 Å². The van der Waals surface area contributed by atoms with Crippen LogP contribution in [0.1, 0.15) is 22.0 Å². The zero-order valence-corrected chi connectivity index (χ0v) is 17.6. The lowest BCUT2D eigenvalue weighted by molar-refractivity contribution is 0.0162. The second kappa shape index (κ2) is 10.6. The summed E-state index contributed by atoms with van der Waals surface area (Å²) in [6.45, 7) is 3.91. The summed E-state index contributed by atoms with van der Waals surface area (Å²) < 4.78 is 16.0. The summed E-state index contributed by atoms with van der Waals surface area (Å²) in [6.07, 6.45) is 0. The maximum absolute atomic E-state index is 12.7. The van der Waals surface area contributed by atoms with Crippen LogP contribution in [-0.2, 0) is 4.74 Å². The van der Waals surface area contributed by atoms with E-state index in [9.17, 15) is 4.79 Å². The molecule has 1 heterocycles. The fraction of sp³-hybridized carbons (Fsp3) is 0.409. The van der Waals surface area contributed by atoms with Crippen LogP contribution in [0.3, 0.4) is 0 Å². The van der Waals surface area contributed by atoms with E-state index in [0.29, 0.717) is 36.8 Å². The van der Waals surface area contributed by atoms with Gasteiger partial charge in [-0.1, -0.05) is 29.8 Å². The second-order valence-electron chi connectivity index (χ2n) is 6.81. The fourth-order valence-corrected chi connectivity index (χ4v) is 3.77. The van der Waals surface area contributed by atoms with Crippen LogP contribution in [-0.4, -0.2) is 64.3 Å². The Morgan fingerprint density at radius 2 is 1.86 bits per heavy atom. The molecule has 7 heteroatoms. The molecule has 1 aliphatic rings. The van der Waals surface area contributed by atoms with E-state index < -0.39 is 0 Å². The van der Waals surface area contributed by atoms with E-state index in [0.717, 1.165) is 23.7 Å². The zero-order chi connectivity index (χ0) is 20.6. The van der Waals surface area contributed by atoms with Crippen LogP contribution < -0.4 is 14.8 Å². The van der Waals surface area contributed by atoms with Gasteiger partial charge >= 0.3 is 0 Å². The standard InChI is InChI=1S/C22H27ClN2O4/c1-27-21-8-7-16(13-22(21)28-2)20(26)15-24-14-19(25-9-11-29-12-10-25)17-5-3-4-6-18(17)23/h3-8,13,19,24H,9-12,14-15H2,1-2H3. The van der Waals surface area contributed by atoms with Crippen molar-refractivity contribution in [2.45, 2.75) is 6.04 Å². The van der Waals surface area contributed by atoms with Crippen LogP contribution in [0.5, 0.6) is 11.5 Å². The van der Waals surface area contributed by atoms with Crippen molar-refractivity contribution in [3.8, 4) is 11.5 Å². The molecule has 0 amide bonds. The van der Waals surface area contributed by atoms with E-state index >= 15 is 0 Å². The van der Waals surface area contributed by atoms with Gasteiger partial charge in [-0.3, -0.25) is 9.69 Å². The number of morpholine rings is 1. The summed E-state index contributed by atoms with van der Waals surface area (Å²) >= 11 is 6.46. The molecular weight excluding hydrogens is 392 g/mol. The lowest BCUT2D eigenvalue weighted by atomic mass is 10.0. The van der Waals surface area contributed by atoms with Gasteiger partial charge < -0.3 is 19.5 Å². The third-order valence-corrected chi connectivity index (χ3v) is 5.42. The number of nitrogens with zero attached hydrogens (tertiary/aromatic N) is 1. The van der Waals surface area contributed by atoms with Crippen molar-refractivity contribution in [2.24, 2.45) is 0 Å². The molecule has 2 aromatic rings. The number of carbonyl (C=O) groups is 1. The van der Waals surface area contributed by atoms with Crippen molar-refractivity contribution in [3.63, 3.8) is 0 Å². The van der Waals surface area contributed by atoms with Crippen molar-refractivity contribution in [2.75, 3.05) is 53.6 Å². The van der Waals surface area contributed by atoms with Crippen molar-refractivity contribution >= 4 is 17.4 Å². The molecule has 0 saturated carbocycles. The van der Waals surface area contributed by atoms with Gasteiger partial charge in [-0.2, -0.15) is 0 Å². The first-order valence-electron chi connectivity index (χ1n) is 9.66. The highest BCUT2D eigenvalue weighted by Gasteiger charge is 2.24. The fourth-order valence-electron chi connectivity index (χ4n) is 3.50. The van der Waals surface area contributed by atoms with Crippen LogP contribution in [0.4, 0.5) is 0 Å². The van der Waals surface area contributed by atoms with Gasteiger partial charge in [0.15, 0.2) is 17.3 Å². The number of benzene rings is 2. The number of nitrogens with one attached hydrogen (secondary N) is 1. The number of ketones is 1. The molecule has 0 bridgehead atoms. The molecule has 1 unspecified atom stereocenters. The summed E-state index contributed by atoms with van der Waals surface area (Å²) in [6, 6.07) is 13.1. The summed E-state index contributed by atoms with van der Waals surface area (Å²) in [4.78, 5) is 15.0. The first kappa shape index (κ1) is 21.6. The van der Waals surface area contributed by atoms with Gasteiger partial charge in [0.2, 0.25) is 0 Å². The van der Waals surface area contributed by atoms with Crippen molar-refractivity contribution in [1.29, 1.82) is 0 Å². The first-order valence-corrected chi connectivity index (χ1v) is 10.0. The SMILES string of the molecule is COc1ccc(C(=O)CNCC(c2ccccc2Cl)N2CCOCC2)cc1OC. The molecule has 3 rings (SSSR count). The van der Waals surface area contributed by atoms with E-state index in [4.69, 9.17) is 25.8 Å². The van der Waals surface area contributed by atoms with E-state index in [-0.39, 0.29) is 18.4 Å². The average Bonchev–Trinajstić information content (AvgIpc) is 2.77. The Labute approximate surface area is 176 Å². The van der Waals surface area contributed by atoms with Crippen molar-refractivity contribution in [3.05, 3.63) is 58.6 Å². The molecule has 1 atom stereocenters. The normalized spacial score (nSPS) is 15.7. The average molecular weight is 419 g/mol. The molecule has 0 aliphatic carbocycles. The molecule has 29 heavy (non-hydrogen) atoms. The Hall–Kier alpha value is -2.12. The number of rotatable bonds is 9. The molecule has 6 nitrogen and oxygen atoms in total. The molecule has 0 aromatic heterocycles. The van der Waals surface area contributed by atoms with Crippen molar-refractivity contribution in [1.82, 2.24) is 10.2 Å². The minimum absolute atomic E-state index is 0.00848. The lowest BCUT2D eigenvalue weighted by Crippen LogP contribution is -2.43. The van der Waals surface area contributed by atoms with E-state index in [2.05, 4.69) is 10.2 Å². The van der Waals surface area contributed by atoms with Gasteiger partial charge in [-0.15, -0.1) is 0 Å². The minimum Gasteiger partial charge on any atom is -0.493 e. The molecule has 156 valence electrons. The molecule has 2 aromatic carbocycles. The molecule has 0 radical (unpaired) electrons. The molecule has 1 N–H and O–H groups in total. The predicted octanol–water partition coefficient (Wildman–Crippen LogP) is 3.20. The summed E-state index contributed by atoms with van der Waals surface area (Å²) in [7, 11) is 3.13. The molecule has 1 aliphatic heterocycles. The largest absolute Gasteiger partial charge is 0.493 e. The van der Waals surface area contributed by atoms with Crippen LogP contribution in [0.2, 0.25) is 5.02 Å². The van der Waals surface area contributed by atoms with Crippen LogP contribution in [0.15, 0.2) is 42.5 Å². The van der Waals surface area contributed by atoms with Crippen LogP contribution >= 0.6 is 11.6 Å². The highest BCUT2D eigenvalue weighted by molar-refractivity contribution is 6.31. The number of methoxy groups -OCH3 is 2. The van der Waals surface area contributed by atoms with E-state index in [1.165, 1.54) is 0 Å². The number of ether oxygens (including phenoxy) is 3. The number of halogens is 1. The highest BCUT2D eigenvalue weighted by Crippen LogP contribution is 2.29. The maximum atomic E-state index is 12.7. The Kier molecular flexibility index (Phi) is 7.89. The minimum atomic E-state index is -0.00848. The summed E-state index contributed by atoms with van der Waals surface area (Å²) in [5.74, 6) is 1.13. The quantitative estimate of drug-likeness (QED) is 0.631. The van der Waals surface area contributed by atoms with Gasteiger partial charge in [0.25, 0.3) is 0 Å². The van der Waals surface area contributed by atoms with Crippen LogP contribution in [0.25, 0.3) is 0 Å². The van der Waals surface area contributed by atoms with Crippen molar-refractivity contribution < 1.29 is 19.0 Å². The molecule has 1 fully saturated rings. The third kappa shape index (κ3) is 5.48. The number of hydrogen-bond acceptors (Lipinski definition) is 6. The van der Waals surface area contributed by atoms with Gasteiger partial charge in [0.1, 0.15) is 0 Å². The van der Waals surface area contributed by atoms with Gasteiger partial charge in [0, 0.05) is 36.3 Å². The Balaban J connectivity index is 1.66. The third-order valence-electron chi connectivity index (χ3n) is 5.08. The zero-order valence-electron chi connectivity index (χ0n) is 16.8. The lowest BCUT2D eigenvalue weighted by Gasteiger charge is -2.35. The van der Waals surface area contributed by atoms with Crippen LogP contribution in [0, 0.1) is 0 Å². The predicted molar refractivity (Wildman–Crippen MR) is 113 cm³/mol.